The van der Waals surface area contributed by atoms with Crippen LogP contribution in [0, 0.1) is 17.3 Å². The first kappa shape index (κ1) is 8.76. The highest BCUT2D eigenvalue weighted by atomic mass is 16.1. The van der Waals surface area contributed by atoms with Gasteiger partial charge in [0.2, 0.25) is 0 Å². The minimum Gasteiger partial charge on any atom is -0.303 e. The van der Waals surface area contributed by atoms with Gasteiger partial charge >= 0.3 is 0 Å². The Balaban J connectivity index is 2.55. The van der Waals surface area contributed by atoms with Crippen LogP contribution >= 0.6 is 0 Å². The summed E-state index contributed by atoms with van der Waals surface area (Å²) < 4.78 is 0. The van der Waals surface area contributed by atoms with Crippen LogP contribution in [-0.2, 0) is 4.79 Å². The Kier molecular flexibility index (Phi) is 2.36. The molecule has 0 amide bonds. The third kappa shape index (κ3) is 1.63. The third-order valence-corrected chi connectivity index (χ3v) is 3.50. The van der Waals surface area contributed by atoms with Crippen LogP contribution in [0.25, 0.3) is 0 Å². The van der Waals surface area contributed by atoms with E-state index in [4.69, 9.17) is 0 Å². The number of aldehydes is 1. The van der Waals surface area contributed by atoms with Gasteiger partial charge in [-0.1, -0.05) is 20.8 Å². The molecule has 0 spiro atoms. The van der Waals surface area contributed by atoms with Crippen molar-refractivity contribution in [3.05, 3.63) is 0 Å². The molecule has 0 radical (unpaired) electrons. The normalized spacial score (nSPS) is 35.5. The molecule has 1 saturated carbocycles. The van der Waals surface area contributed by atoms with Crippen molar-refractivity contribution in [1.29, 1.82) is 0 Å². The Morgan fingerprint density at radius 2 is 2.18 bits per heavy atom. The number of rotatable bonds is 2. The molecule has 1 heteroatoms. The quantitative estimate of drug-likeness (QED) is 0.559. The fraction of sp³-hybridized carbons (Fsp3) is 0.900. The average molecular weight is 154 g/mol. The summed E-state index contributed by atoms with van der Waals surface area (Å²) in [5, 5.41) is 0. The van der Waals surface area contributed by atoms with Gasteiger partial charge < -0.3 is 4.79 Å². The molecule has 1 rings (SSSR count). The zero-order chi connectivity index (χ0) is 8.48. The van der Waals surface area contributed by atoms with E-state index in [0.29, 0.717) is 17.3 Å². The van der Waals surface area contributed by atoms with E-state index in [9.17, 15) is 4.79 Å². The van der Waals surface area contributed by atoms with Crippen molar-refractivity contribution in [2.24, 2.45) is 17.3 Å². The Morgan fingerprint density at radius 3 is 2.55 bits per heavy atom. The van der Waals surface area contributed by atoms with Gasteiger partial charge in [0.25, 0.3) is 0 Å². The number of carbonyl (C=O) groups excluding carboxylic acids is 1. The maximum absolute atomic E-state index is 10.3. The van der Waals surface area contributed by atoms with Crippen LogP contribution in [0.15, 0.2) is 0 Å². The molecule has 0 saturated heterocycles. The summed E-state index contributed by atoms with van der Waals surface area (Å²) in [5.74, 6) is 1.37. The summed E-state index contributed by atoms with van der Waals surface area (Å²) in [6.07, 6.45) is 4.37. The fourth-order valence-electron chi connectivity index (χ4n) is 2.12. The van der Waals surface area contributed by atoms with Crippen molar-refractivity contribution < 1.29 is 4.79 Å². The lowest BCUT2D eigenvalue weighted by atomic mass is 9.79. The lowest BCUT2D eigenvalue weighted by Gasteiger charge is -2.26. The molecule has 64 valence electrons. The molecular weight excluding hydrogens is 136 g/mol. The monoisotopic (exact) mass is 154 g/mol. The van der Waals surface area contributed by atoms with Gasteiger partial charge in [-0.2, -0.15) is 0 Å². The molecule has 0 bridgehead atoms. The molecule has 1 nitrogen and oxygen atoms in total. The van der Waals surface area contributed by atoms with Gasteiger partial charge in [0.1, 0.15) is 6.29 Å². The van der Waals surface area contributed by atoms with Crippen molar-refractivity contribution >= 4 is 6.29 Å². The fourth-order valence-corrected chi connectivity index (χ4v) is 2.12. The summed E-state index contributed by atoms with van der Waals surface area (Å²) in [6, 6.07) is 0. The van der Waals surface area contributed by atoms with Crippen LogP contribution in [0.2, 0.25) is 0 Å². The molecule has 2 atom stereocenters. The second-order valence-corrected chi connectivity index (χ2v) is 4.48. The molecule has 0 aliphatic heterocycles. The lowest BCUT2D eigenvalue weighted by molar-refractivity contribution is -0.108. The summed E-state index contributed by atoms with van der Waals surface area (Å²) in [5.41, 5.74) is 0.466. The Morgan fingerprint density at radius 1 is 1.55 bits per heavy atom. The molecule has 0 aromatic carbocycles. The largest absolute Gasteiger partial charge is 0.303 e. The molecule has 1 aliphatic carbocycles. The molecule has 1 aliphatic rings. The first-order valence-electron chi connectivity index (χ1n) is 4.51. The second-order valence-electron chi connectivity index (χ2n) is 4.48. The summed E-state index contributed by atoms with van der Waals surface area (Å²) in [4.78, 5) is 10.3. The van der Waals surface area contributed by atoms with E-state index in [1.54, 1.807) is 0 Å². The molecule has 0 aromatic heterocycles. The van der Waals surface area contributed by atoms with E-state index in [1.807, 2.05) is 0 Å². The minimum absolute atomic E-state index is 0.466. The van der Waals surface area contributed by atoms with Crippen LogP contribution in [0.1, 0.15) is 40.0 Å². The first-order valence-corrected chi connectivity index (χ1v) is 4.51. The Bertz CT molecular complexity index is 149. The van der Waals surface area contributed by atoms with E-state index >= 15 is 0 Å². The van der Waals surface area contributed by atoms with Gasteiger partial charge in [-0.3, -0.25) is 0 Å². The van der Waals surface area contributed by atoms with Crippen LogP contribution in [0.5, 0.6) is 0 Å². The van der Waals surface area contributed by atoms with Gasteiger partial charge in [-0.05, 0) is 30.1 Å². The molecule has 0 unspecified atom stereocenters. The zero-order valence-electron chi connectivity index (χ0n) is 7.76. The summed E-state index contributed by atoms with van der Waals surface area (Å²) in [6.45, 7) is 6.89. The van der Waals surface area contributed by atoms with Crippen molar-refractivity contribution in [2.75, 3.05) is 0 Å². The van der Waals surface area contributed by atoms with Crippen molar-refractivity contribution in [3.63, 3.8) is 0 Å². The molecule has 0 heterocycles. The van der Waals surface area contributed by atoms with Crippen LogP contribution < -0.4 is 0 Å². The first-order chi connectivity index (χ1) is 5.08. The van der Waals surface area contributed by atoms with Gasteiger partial charge in [0.15, 0.2) is 0 Å². The van der Waals surface area contributed by atoms with Crippen molar-refractivity contribution in [2.45, 2.75) is 40.0 Å². The molecule has 0 N–H and O–H groups in total. The predicted octanol–water partition coefficient (Wildman–Crippen LogP) is 2.65. The van der Waals surface area contributed by atoms with Gasteiger partial charge in [-0.15, -0.1) is 0 Å². The van der Waals surface area contributed by atoms with E-state index < -0.39 is 0 Å². The molecular formula is C10H18O. The van der Waals surface area contributed by atoms with E-state index in [-0.39, 0.29) is 0 Å². The maximum atomic E-state index is 10.3. The Labute approximate surface area is 69.2 Å². The molecule has 1 fully saturated rings. The smallest absolute Gasteiger partial charge is 0.120 e. The molecule has 0 aromatic rings. The zero-order valence-corrected chi connectivity index (χ0v) is 7.76. The molecule has 11 heavy (non-hydrogen) atoms. The highest BCUT2D eigenvalue weighted by molar-refractivity contribution is 5.49. The van der Waals surface area contributed by atoms with Crippen LogP contribution in [0.3, 0.4) is 0 Å². The van der Waals surface area contributed by atoms with Gasteiger partial charge in [0.05, 0.1) is 0 Å². The van der Waals surface area contributed by atoms with Gasteiger partial charge in [0, 0.05) is 6.42 Å². The lowest BCUT2D eigenvalue weighted by Crippen LogP contribution is -2.18. The topological polar surface area (TPSA) is 17.1 Å². The van der Waals surface area contributed by atoms with E-state index in [2.05, 4.69) is 20.8 Å². The SMILES string of the molecule is C[C@@H]1[C@H](CC=O)CCC1(C)C. The van der Waals surface area contributed by atoms with Crippen LogP contribution in [-0.4, -0.2) is 6.29 Å². The van der Waals surface area contributed by atoms with Gasteiger partial charge in [-0.25, -0.2) is 0 Å². The standard InChI is InChI=1S/C10H18O/c1-8-9(5-7-11)4-6-10(8,2)3/h7-9H,4-6H2,1-3H3/t8-,9+/m1/s1. The summed E-state index contributed by atoms with van der Waals surface area (Å²) >= 11 is 0. The highest BCUT2D eigenvalue weighted by Gasteiger charge is 2.37. The van der Waals surface area contributed by atoms with E-state index in [1.165, 1.54) is 12.8 Å². The highest BCUT2D eigenvalue weighted by Crippen LogP contribution is 2.46. The average Bonchev–Trinajstić information content (AvgIpc) is 2.17. The number of carbonyl (C=O) groups is 1. The third-order valence-electron chi connectivity index (χ3n) is 3.50. The predicted molar refractivity (Wildman–Crippen MR) is 46.4 cm³/mol. The second kappa shape index (κ2) is 2.96. The minimum atomic E-state index is 0.466. The van der Waals surface area contributed by atoms with E-state index in [0.717, 1.165) is 12.7 Å². The number of hydrogen-bond donors (Lipinski definition) is 0. The van der Waals surface area contributed by atoms with Crippen molar-refractivity contribution in [1.82, 2.24) is 0 Å². The van der Waals surface area contributed by atoms with Crippen molar-refractivity contribution in [3.8, 4) is 0 Å². The Hall–Kier alpha value is -0.330. The summed E-state index contributed by atoms with van der Waals surface area (Å²) in [7, 11) is 0. The number of hydrogen-bond acceptors (Lipinski definition) is 1. The maximum Gasteiger partial charge on any atom is 0.120 e. The van der Waals surface area contributed by atoms with Crippen LogP contribution in [0.4, 0.5) is 0 Å².